The SMILES string of the molecule is CCOc1ccc(-n2nnnc2CN2CCN(S(=O)(=O)c3cccnc3)CC2)cc1. The topological polar surface area (TPSA) is 106 Å². The van der Waals surface area contributed by atoms with Gasteiger partial charge in [0.2, 0.25) is 10.0 Å². The molecule has 10 nitrogen and oxygen atoms in total. The van der Waals surface area contributed by atoms with Crippen molar-refractivity contribution in [1.82, 2.24) is 34.4 Å². The molecule has 0 saturated carbocycles. The van der Waals surface area contributed by atoms with Crippen LogP contribution < -0.4 is 4.74 Å². The van der Waals surface area contributed by atoms with E-state index in [9.17, 15) is 8.42 Å². The second-order valence-corrected chi connectivity index (χ2v) is 8.74. The molecule has 1 aliphatic rings. The molecule has 0 amide bonds. The summed E-state index contributed by atoms with van der Waals surface area (Å²) < 4.78 is 34.1. The molecule has 30 heavy (non-hydrogen) atoms. The number of aromatic nitrogens is 5. The fourth-order valence-corrected chi connectivity index (χ4v) is 4.72. The number of tetrazole rings is 1. The Kier molecular flexibility index (Phi) is 6.02. The third kappa shape index (κ3) is 4.32. The van der Waals surface area contributed by atoms with Crippen LogP contribution in [0.25, 0.3) is 5.69 Å². The largest absolute Gasteiger partial charge is 0.494 e. The summed E-state index contributed by atoms with van der Waals surface area (Å²) in [5.41, 5.74) is 0.844. The van der Waals surface area contributed by atoms with E-state index < -0.39 is 10.0 Å². The van der Waals surface area contributed by atoms with Crippen molar-refractivity contribution >= 4 is 10.0 Å². The third-order valence-corrected chi connectivity index (χ3v) is 6.78. The van der Waals surface area contributed by atoms with Crippen molar-refractivity contribution in [3.8, 4) is 11.4 Å². The number of sulfonamides is 1. The summed E-state index contributed by atoms with van der Waals surface area (Å²) in [5, 5.41) is 12.1. The molecule has 4 rings (SSSR count). The monoisotopic (exact) mass is 429 g/mol. The summed E-state index contributed by atoms with van der Waals surface area (Å²) in [7, 11) is -3.52. The molecule has 3 heterocycles. The van der Waals surface area contributed by atoms with Crippen LogP contribution in [-0.2, 0) is 16.6 Å². The second-order valence-electron chi connectivity index (χ2n) is 6.80. The molecule has 0 N–H and O–H groups in total. The molecular formula is C19H23N7O3S. The first kappa shape index (κ1) is 20.4. The van der Waals surface area contributed by atoms with Crippen LogP contribution in [0.5, 0.6) is 5.75 Å². The van der Waals surface area contributed by atoms with Crippen molar-refractivity contribution in [3.05, 3.63) is 54.6 Å². The van der Waals surface area contributed by atoms with Gasteiger partial charge < -0.3 is 4.74 Å². The average Bonchev–Trinajstić information content (AvgIpc) is 3.24. The number of hydrogen-bond donors (Lipinski definition) is 0. The second kappa shape index (κ2) is 8.86. The quantitative estimate of drug-likeness (QED) is 0.547. The summed E-state index contributed by atoms with van der Waals surface area (Å²) in [5.74, 6) is 1.49. The van der Waals surface area contributed by atoms with E-state index in [0.717, 1.165) is 11.4 Å². The summed E-state index contributed by atoms with van der Waals surface area (Å²) in [4.78, 5) is 6.28. The molecule has 2 aromatic heterocycles. The Morgan fingerprint density at radius 1 is 1.07 bits per heavy atom. The maximum absolute atomic E-state index is 12.7. The predicted molar refractivity (Wildman–Crippen MR) is 109 cm³/mol. The lowest BCUT2D eigenvalue weighted by atomic mass is 10.3. The number of piperazine rings is 1. The van der Waals surface area contributed by atoms with Crippen LogP contribution in [0.2, 0.25) is 0 Å². The highest BCUT2D eigenvalue weighted by Gasteiger charge is 2.29. The van der Waals surface area contributed by atoms with E-state index in [1.54, 1.807) is 23.0 Å². The Morgan fingerprint density at radius 3 is 2.50 bits per heavy atom. The van der Waals surface area contributed by atoms with Crippen molar-refractivity contribution in [2.75, 3.05) is 32.8 Å². The first-order chi connectivity index (χ1) is 14.6. The summed E-state index contributed by atoms with van der Waals surface area (Å²) >= 11 is 0. The van der Waals surface area contributed by atoms with Gasteiger partial charge in [0, 0.05) is 38.6 Å². The van der Waals surface area contributed by atoms with Gasteiger partial charge in [-0.1, -0.05) is 0 Å². The van der Waals surface area contributed by atoms with Gasteiger partial charge in [0.25, 0.3) is 0 Å². The maximum atomic E-state index is 12.7. The number of rotatable bonds is 7. The molecule has 0 radical (unpaired) electrons. The van der Waals surface area contributed by atoms with Crippen LogP contribution in [0.3, 0.4) is 0 Å². The minimum absolute atomic E-state index is 0.220. The van der Waals surface area contributed by atoms with Crippen LogP contribution in [0.4, 0.5) is 0 Å². The zero-order chi connectivity index (χ0) is 21.0. The normalized spacial score (nSPS) is 15.9. The predicted octanol–water partition coefficient (Wildman–Crippen LogP) is 0.962. The first-order valence-electron chi connectivity index (χ1n) is 9.71. The van der Waals surface area contributed by atoms with Gasteiger partial charge >= 0.3 is 0 Å². The number of pyridine rings is 1. The molecule has 1 saturated heterocycles. The van der Waals surface area contributed by atoms with Crippen molar-refractivity contribution in [3.63, 3.8) is 0 Å². The van der Waals surface area contributed by atoms with Crippen LogP contribution in [0.1, 0.15) is 12.7 Å². The Morgan fingerprint density at radius 2 is 1.83 bits per heavy atom. The molecule has 1 aromatic carbocycles. The molecule has 0 bridgehead atoms. The molecule has 0 unspecified atom stereocenters. The third-order valence-electron chi connectivity index (χ3n) is 4.89. The highest BCUT2D eigenvalue weighted by molar-refractivity contribution is 7.89. The van der Waals surface area contributed by atoms with E-state index in [1.807, 2.05) is 31.2 Å². The molecule has 11 heteroatoms. The van der Waals surface area contributed by atoms with Gasteiger partial charge in [0.15, 0.2) is 5.82 Å². The molecule has 1 fully saturated rings. The van der Waals surface area contributed by atoms with Gasteiger partial charge in [-0.15, -0.1) is 5.10 Å². The Labute approximate surface area is 175 Å². The van der Waals surface area contributed by atoms with Gasteiger partial charge in [0.05, 0.1) is 18.8 Å². The maximum Gasteiger partial charge on any atom is 0.244 e. The highest BCUT2D eigenvalue weighted by atomic mass is 32.2. The van der Waals surface area contributed by atoms with Crippen LogP contribution in [-0.4, -0.2) is 75.6 Å². The minimum Gasteiger partial charge on any atom is -0.494 e. The smallest absolute Gasteiger partial charge is 0.244 e. The van der Waals surface area contributed by atoms with Crippen molar-refractivity contribution in [2.45, 2.75) is 18.4 Å². The Balaban J connectivity index is 1.40. The number of ether oxygens (including phenoxy) is 1. The highest BCUT2D eigenvalue weighted by Crippen LogP contribution is 2.19. The lowest BCUT2D eigenvalue weighted by Crippen LogP contribution is -2.48. The molecule has 0 atom stereocenters. The van der Waals surface area contributed by atoms with Gasteiger partial charge in [-0.3, -0.25) is 9.88 Å². The van der Waals surface area contributed by atoms with Crippen LogP contribution >= 0.6 is 0 Å². The van der Waals surface area contributed by atoms with Crippen LogP contribution in [0, 0.1) is 0 Å². The lowest BCUT2D eigenvalue weighted by molar-refractivity contribution is 0.177. The minimum atomic E-state index is -3.52. The van der Waals surface area contributed by atoms with Crippen molar-refractivity contribution < 1.29 is 13.2 Å². The standard InChI is InChI=1S/C19H23N7O3S/c1-2-29-17-7-5-16(6-8-17)26-19(21-22-23-26)15-24-10-12-25(13-11-24)30(27,28)18-4-3-9-20-14-18/h3-9,14H,2,10-13,15H2,1H3. The summed E-state index contributed by atoms with van der Waals surface area (Å²) in [6.45, 7) is 5.07. The van der Waals surface area contributed by atoms with Crippen molar-refractivity contribution in [2.24, 2.45) is 0 Å². The molecule has 3 aromatic rings. The van der Waals surface area contributed by atoms with Gasteiger partial charge in [-0.05, 0) is 53.7 Å². The molecule has 1 aliphatic heterocycles. The molecule has 0 aliphatic carbocycles. The van der Waals surface area contributed by atoms with Gasteiger partial charge in [0.1, 0.15) is 10.6 Å². The number of benzene rings is 1. The zero-order valence-electron chi connectivity index (χ0n) is 16.6. The van der Waals surface area contributed by atoms with E-state index >= 15 is 0 Å². The summed E-state index contributed by atoms with van der Waals surface area (Å²) in [6, 6.07) is 10.8. The fraction of sp³-hybridized carbons (Fsp3) is 0.368. The van der Waals surface area contributed by atoms with E-state index in [2.05, 4.69) is 25.4 Å². The zero-order valence-corrected chi connectivity index (χ0v) is 17.4. The van der Waals surface area contributed by atoms with Gasteiger partial charge in [-0.2, -0.15) is 8.99 Å². The Hall–Kier alpha value is -2.89. The molecular weight excluding hydrogens is 406 g/mol. The number of nitrogens with zero attached hydrogens (tertiary/aromatic N) is 7. The first-order valence-corrected chi connectivity index (χ1v) is 11.1. The Bertz CT molecular complexity index is 1060. The fourth-order valence-electron chi connectivity index (χ4n) is 3.33. The van der Waals surface area contributed by atoms with E-state index in [1.165, 1.54) is 10.5 Å². The lowest BCUT2D eigenvalue weighted by Gasteiger charge is -2.33. The average molecular weight is 430 g/mol. The molecule has 158 valence electrons. The van der Waals surface area contributed by atoms with Gasteiger partial charge in [-0.25, -0.2) is 8.42 Å². The van der Waals surface area contributed by atoms with Crippen LogP contribution in [0.15, 0.2) is 53.7 Å². The number of hydrogen-bond acceptors (Lipinski definition) is 8. The van der Waals surface area contributed by atoms with E-state index in [-0.39, 0.29) is 4.90 Å². The van der Waals surface area contributed by atoms with E-state index in [4.69, 9.17) is 4.74 Å². The van der Waals surface area contributed by atoms with Crippen molar-refractivity contribution in [1.29, 1.82) is 0 Å². The summed E-state index contributed by atoms with van der Waals surface area (Å²) in [6.07, 6.45) is 2.94. The molecule has 0 spiro atoms. The van der Waals surface area contributed by atoms with E-state index in [0.29, 0.717) is 45.2 Å².